The van der Waals surface area contributed by atoms with Gasteiger partial charge in [0, 0.05) is 5.56 Å². The Labute approximate surface area is 119 Å². The first kappa shape index (κ1) is 14.3. The van der Waals surface area contributed by atoms with Gasteiger partial charge in [-0.15, -0.1) is 0 Å². The fraction of sp³-hybridized carbons (Fsp3) is 0. The molecule has 0 aromatic heterocycles. The predicted octanol–water partition coefficient (Wildman–Crippen LogP) is 2.74. The van der Waals surface area contributed by atoms with E-state index in [4.69, 9.17) is 5.11 Å². The Morgan fingerprint density at radius 2 is 1.81 bits per heavy atom. The lowest BCUT2D eigenvalue weighted by molar-refractivity contribution is 0.111. The van der Waals surface area contributed by atoms with Crippen LogP contribution in [0.2, 0.25) is 0 Å². The van der Waals surface area contributed by atoms with Crippen LogP contribution in [0.15, 0.2) is 36.4 Å². The average molecular weight is 286 g/mol. The van der Waals surface area contributed by atoms with Crippen molar-refractivity contribution in [3.05, 3.63) is 47.5 Å². The summed E-state index contributed by atoms with van der Waals surface area (Å²) in [5, 5.41) is 18.4. The van der Waals surface area contributed by atoms with E-state index in [0.29, 0.717) is 29.3 Å². The maximum atomic E-state index is 11.0. The monoisotopic (exact) mass is 286 g/mol. The van der Waals surface area contributed by atoms with Gasteiger partial charge in [-0.2, -0.15) is 0 Å². The predicted molar refractivity (Wildman–Crippen MR) is 73.0 cm³/mol. The molecule has 0 aliphatic heterocycles. The zero-order valence-electron chi connectivity index (χ0n) is 10.6. The third kappa shape index (κ3) is 3.06. The Kier molecular flexibility index (Phi) is 3.99. The molecule has 0 heterocycles. The lowest BCUT2D eigenvalue weighted by Crippen LogP contribution is -2.04. The van der Waals surface area contributed by atoms with Crippen molar-refractivity contribution in [2.24, 2.45) is 0 Å². The van der Waals surface area contributed by atoms with Crippen LogP contribution in [-0.4, -0.2) is 28.9 Å². The zero-order chi connectivity index (χ0) is 15.4. The Bertz CT molecular complexity index is 720. The highest BCUT2D eigenvalue weighted by atomic mass is 16.7. The van der Waals surface area contributed by atoms with Gasteiger partial charge in [-0.3, -0.25) is 9.59 Å². The van der Waals surface area contributed by atoms with Crippen LogP contribution in [0.3, 0.4) is 0 Å². The Balaban J connectivity index is 2.59. The second kappa shape index (κ2) is 5.87. The number of carboxylic acid groups (broad SMARTS) is 1. The minimum absolute atomic E-state index is 0.111. The van der Waals surface area contributed by atoms with Crippen molar-refractivity contribution in [1.82, 2.24) is 0 Å². The maximum Gasteiger partial charge on any atom is 0.511 e. The number of ether oxygens (including phenoxy) is 1. The van der Waals surface area contributed by atoms with Crippen LogP contribution < -0.4 is 4.74 Å². The second-order valence-electron chi connectivity index (χ2n) is 4.14. The summed E-state index contributed by atoms with van der Waals surface area (Å²) < 4.78 is 4.44. The van der Waals surface area contributed by atoms with Crippen LogP contribution in [0.1, 0.15) is 20.7 Å². The van der Waals surface area contributed by atoms with Crippen LogP contribution in [0.5, 0.6) is 11.5 Å². The van der Waals surface area contributed by atoms with E-state index >= 15 is 0 Å². The molecule has 0 aliphatic rings. The SMILES string of the molecule is O=Cc1cccc(-c2cc(C=O)c(O)c(OC(=O)O)c2)c1. The first-order valence-corrected chi connectivity index (χ1v) is 5.83. The van der Waals surface area contributed by atoms with E-state index in [0.717, 1.165) is 0 Å². The van der Waals surface area contributed by atoms with Gasteiger partial charge in [0.05, 0.1) is 5.56 Å². The first-order valence-electron chi connectivity index (χ1n) is 5.83. The van der Waals surface area contributed by atoms with Gasteiger partial charge >= 0.3 is 6.16 Å². The number of hydrogen-bond acceptors (Lipinski definition) is 5. The second-order valence-corrected chi connectivity index (χ2v) is 4.14. The van der Waals surface area contributed by atoms with Crippen molar-refractivity contribution in [3.8, 4) is 22.6 Å². The summed E-state index contributed by atoms with van der Waals surface area (Å²) in [5.74, 6) is -0.902. The molecule has 0 amide bonds. The molecule has 0 fully saturated rings. The maximum absolute atomic E-state index is 11.0. The fourth-order valence-electron chi connectivity index (χ4n) is 1.85. The molecule has 6 heteroatoms. The molecule has 0 spiro atoms. The van der Waals surface area contributed by atoms with Gasteiger partial charge in [-0.05, 0) is 29.3 Å². The van der Waals surface area contributed by atoms with E-state index in [9.17, 15) is 19.5 Å². The number of phenols is 1. The molecule has 0 aliphatic carbocycles. The molecule has 0 saturated heterocycles. The quantitative estimate of drug-likeness (QED) is 0.509. The molecule has 0 saturated carbocycles. The van der Waals surface area contributed by atoms with Crippen LogP contribution in [0.4, 0.5) is 4.79 Å². The van der Waals surface area contributed by atoms with E-state index in [2.05, 4.69) is 4.74 Å². The van der Waals surface area contributed by atoms with E-state index in [1.165, 1.54) is 12.1 Å². The summed E-state index contributed by atoms with van der Waals surface area (Å²) in [6.07, 6.45) is -0.558. The molecule has 21 heavy (non-hydrogen) atoms. The van der Waals surface area contributed by atoms with E-state index in [-0.39, 0.29) is 11.3 Å². The molecule has 0 unspecified atom stereocenters. The summed E-state index contributed by atoms with van der Waals surface area (Å²) in [5.41, 5.74) is 1.34. The lowest BCUT2D eigenvalue weighted by atomic mass is 10.0. The molecule has 6 nitrogen and oxygen atoms in total. The van der Waals surface area contributed by atoms with Gasteiger partial charge in [0.15, 0.2) is 17.8 Å². The first-order chi connectivity index (χ1) is 10.0. The van der Waals surface area contributed by atoms with Crippen molar-refractivity contribution in [3.63, 3.8) is 0 Å². The van der Waals surface area contributed by atoms with Gasteiger partial charge in [0.2, 0.25) is 0 Å². The van der Waals surface area contributed by atoms with Crippen LogP contribution in [0.25, 0.3) is 11.1 Å². The van der Waals surface area contributed by atoms with Crippen molar-refractivity contribution in [1.29, 1.82) is 0 Å². The number of aldehydes is 2. The normalized spacial score (nSPS) is 9.90. The summed E-state index contributed by atoms with van der Waals surface area (Å²) in [7, 11) is 0. The van der Waals surface area contributed by atoms with Crippen LogP contribution in [0, 0.1) is 0 Å². The standard InChI is InChI=1S/C15H10O6/c16-7-9-2-1-3-10(4-9)11-5-12(8-17)14(18)13(6-11)21-15(19)20/h1-8,18H,(H,19,20). The third-order valence-electron chi connectivity index (χ3n) is 2.78. The molecule has 0 atom stereocenters. The topological polar surface area (TPSA) is 101 Å². The molecule has 2 aromatic rings. The fourth-order valence-corrected chi connectivity index (χ4v) is 1.85. The highest BCUT2D eigenvalue weighted by Gasteiger charge is 2.14. The minimum atomic E-state index is -1.61. The highest BCUT2D eigenvalue weighted by molar-refractivity contribution is 5.87. The number of hydrogen-bond donors (Lipinski definition) is 2. The molecule has 0 bridgehead atoms. The van der Waals surface area contributed by atoms with Gasteiger partial charge in [0.25, 0.3) is 0 Å². The molecular weight excluding hydrogens is 276 g/mol. The van der Waals surface area contributed by atoms with Gasteiger partial charge in [-0.1, -0.05) is 18.2 Å². The average Bonchev–Trinajstić information content (AvgIpc) is 2.49. The lowest BCUT2D eigenvalue weighted by Gasteiger charge is -2.09. The van der Waals surface area contributed by atoms with E-state index < -0.39 is 11.9 Å². The zero-order valence-corrected chi connectivity index (χ0v) is 10.6. The number of benzene rings is 2. The smallest absolute Gasteiger partial charge is 0.504 e. The van der Waals surface area contributed by atoms with Crippen molar-refractivity contribution >= 4 is 18.7 Å². The number of carbonyl (C=O) groups is 3. The van der Waals surface area contributed by atoms with Crippen molar-refractivity contribution in [2.45, 2.75) is 0 Å². The third-order valence-corrected chi connectivity index (χ3v) is 2.78. The van der Waals surface area contributed by atoms with Gasteiger partial charge < -0.3 is 14.9 Å². The minimum Gasteiger partial charge on any atom is -0.504 e. The summed E-state index contributed by atoms with van der Waals surface area (Å²) in [4.78, 5) is 32.3. The Morgan fingerprint density at radius 1 is 1.05 bits per heavy atom. The molecular formula is C15H10O6. The molecule has 2 N–H and O–H groups in total. The molecule has 106 valence electrons. The number of carbonyl (C=O) groups excluding carboxylic acids is 2. The summed E-state index contributed by atoms with van der Waals surface area (Å²) in [6.45, 7) is 0. The Morgan fingerprint density at radius 3 is 2.43 bits per heavy atom. The Hall–Kier alpha value is -3.15. The largest absolute Gasteiger partial charge is 0.511 e. The van der Waals surface area contributed by atoms with Gasteiger partial charge in [-0.25, -0.2) is 4.79 Å². The molecule has 0 radical (unpaired) electrons. The van der Waals surface area contributed by atoms with Gasteiger partial charge in [0.1, 0.15) is 6.29 Å². The molecule has 2 aromatic carbocycles. The summed E-state index contributed by atoms with van der Waals surface area (Å²) >= 11 is 0. The van der Waals surface area contributed by atoms with E-state index in [1.807, 2.05) is 0 Å². The van der Waals surface area contributed by atoms with Crippen LogP contribution in [-0.2, 0) is 0 Å². The number of aromatic hydroxyl groups is 1. The number of rotatable bonds is 4. The van der Waals surface area contributed by atoms with Crippen molar-refractivity contribution in [2.75, 3.05) is 0 Å². The summed E-state index contributed by atoms with van der Waals surface area (Å²) in [6, 6.07) is 9.15. The van der Waals surface area contributed by atoms with Crippen LogP contribution >= 0.6 is 0 Å². The van der Waals surface area contributed by atoms with E-state index in [1.54, 1.807) is 24.3 Å². The molecule has 2 rings (SSSR count). The highest BCUT2D eigenvalue weighted by Crippen LogP contribution is 2.35. The number of phenolic OH excluding ortho intramolecular Hbond substituents is 1. The van der Waals surface area contributed by atoms with Crippen molar-refractivity contribution < 1.29 is 29.3 Å².